The smallest absolute Gasteiger partial charge is 0.407 e. The van der Waals surface area contributed by atoms with Crippen molar-refractivity contribution in [2.45, 2.75) is 110 Å². The number of hydrogen-bond donors (Lipinski definition) is 2. The van der Waals surface area contributed by atoms with Crippen molar-refractivity contribution in [1.82, 2.24) is 19.9 Å². The first kappa shape index (κ1) is 33.9. The average Bonchev–Trinajstić information content (AvgIpc) is 3.61. The van der Waals surface area contributed by atoms with Gasteiger partial charge in [-0.3, -0.25) is 0 Å². The number of nitrogens with zero attached hydrogens (tertiary/aromatic N) is 5. The highest BCUT2D eigenvalue weighted by Crippen LogP contribution is 2.46. The van der Waals surface area contributed by atoms with Gasteiger partial charge in [0.05, 0.1) is 34.4 Å². The average molecular weight is 659 g/mol. The Kier molecular flexibility index (Phi) is 9.06. The van der Waals surface area contributed by atoms with E-state index in [2.05, 4.69) is 20.2 Å². The second kappa shape index (κ2) is 12.3. The van der Waals surface area contributed by atoms with Crippen LogP contribution >= 0.6 is 0 Å². The molecule has 5 rings (SSSR count). The zero-order valence-corrected chi connectivity index (χ0v) is 28.9. The third-order valence-electron chi connectivity index (χ3n) is 10.1. The zero-order chi connectivity index (χ0) is 33.8. The third kappa shape index (κ3) is 5.80. The summed E-state index contributed by atoms with van der Waals surface area (Å²) < 4.78 is 54.8. The molecule has 9 nitrogen and oxygen atoms in total. The van der Waals surface area contributed by atoms with Gasteiger partial charge in [0.1, 0.15) is 23.1 Å². The molecule has 2 aliphatic heterocycles. The Morgan fingerprint density at radius 2 is 1.78 bits per heavy atom. The largest absolute Gasteiger partial charge is 0.465 e. The summed E-state index contributed by atoms with van der Waals surface area (Å²) in [5.41, 5.74) is -0.463. The summed E-state index contributed by atoms with van der Waals surface area (Å²) in [7, 11) is -2.43. The molecule has 2 aliphatic rings. The standard InChI is InChI=1S/C33H45F3N6O3Si/c1-9-46(10-2,11-3)45-32(7,8)33(35,36)26-14-12-13-24(28(26)34)19(4)37-29-25-16-27(20(5)38-30(25)40-21(6)39-29)41-17-23-15-22(41)18-42(23)31(43)44/h12-14,16,19,22-23H,9-11,15,17-18H2,1-8H3,(H,43,44)(H,37,38,39,40)/t19?,22-,23-/m0/s1. The Hall–Kier alpha value is -3.45. The molecule has 1 amide bonds. The van der Waals surface area contributed by atoms with Crippen molar-refractivity contribution in [3.05, 3.63) is 52.7 Å². The quantitative estimate of drug-likeness (QED) is 0.201. The number of aromatic nitrogens is 3. The van der Waals surface area contributed by atoms with Crippen LogP contribution in [0.4, 0.5) is 29.5 Å². The number of fused-ring (bicyclic) bond motifs is 3. The van der Waals surface area contributed by atoms with Crippen molar-refractivity contribution in [1.29, 1.82) is 0 Å². The summed E-state index contributed by atoms with van der Waals surface area (Å²) in [5.74, 6) is -3.72. The van der Waals surface area contributed by atoms with E-state index in [0.717, 1.165) is 23.9 Å². The number of nitrogens with one attached hydrogen (secondary N) is 1. The van der Waals surface area contributed by atoms with Crippen molar-refractivity contribution < 1.29 is 27.5 Å². The molecule has 0 spiro atoms. The van der Waals surface area contributed by atoms with Gasteiger partial charge in [-0.05, 0) is 71.3 Å². The Labute approximate surface area is 269 Å². The van der Waals surface area contributed by atoms with E-state index in [0.29, 0.717) is 53.9 Å². The fourth-order valence-electron chi connectivity index (χ4n) is 7.14. The molecule has 3 atom stereocenters. The molecule has 2 aromatic heterocycles. The number of carboxylic acid groups (broad SMARTS) is 1. The summed E-state index contributed by atoms with van der Waals surface area (Å²) in [4.78, 5) is 29.2. The molecular weight excluding hydrogens is 613 g/mol. The van der Waals surface area contributed by atoms with Gasteiger partial charge in [-0.25, -0.2) is 24.1 Å². The van der Waals surface area contributed by atoms with E-state index in [1.165, 1.54) is 30.9 Å². The van der Waals surface area contributed by atoms with Crippen molar-refractivity contribution in [2.75, 3.05) is 23.3 Å². The van der Waals surface area contributed by atoms with Crippen LogP contribution in [0.5, 0.6) is 0 Å². The molecule has 0 saturated carbocycles. The van der Waals surface area contributed by atoms with E-state index in [1.807, 2.05) is 33.8 Å². The molecule has 2 saturated heterocycles. The summed E-state index contributed by atoms with van der Waals surface area (Å²) >= 11 is 0. The second-order valence-electron chi connectivity index (χ2n) is 13.2. The molecule has 1 unspecified atom stereocenters. The summed E-state index contributed by atoms with van der Waals surface area (Å²) in [5, 5.41) is 13.4. The first-order valence-corrected chi connectivity index (χ1v) is 18.7. The van der Waals surface area contributed by atoms with Gasteiger partial charge >= 0.3 is 12.0 Å². The minimum atomic E-state index is -3.59. The number of piperazine rings is 1. The summed E-state index contributed by atoms with van der Waals surface area (Å²) in [6.07, 6.45) is -0.162. The molecule has 46 heavy (non-hydrogen) atoms. The monoisotopic (exact) mass is 658 g/mol. The van der Waals surface area contributed by atoms with Crippen LogP contribution in [0.15, 0.2) is 24.3 Å². The van der Waals surface area contributed by atoms with Crippen LogP contribution in [0, 0.1) is 19.7 Å². The number of hydrogen-bond acceptors (Lipinski definition) is 7. The van der Waals surface area contributed by atoms with Gasteiger partial charge in [0, 0.05) is 24.7 Å². The summed E-state index contributed by atoms with van der Waals surface area (Å²) in [6.45, 7) is 14.9. The van der Waals surface area contributed by atoms with Gasteiger partial charge in [0.25, 0.3) is 0 Å². The molecule has 2 N–H and O–H groups in total. The van der Waals surface area contributed by atoms with Gasteiger partial charge in [-0.15, -0.1) is 0 Å². The van der Waals surface area contributed by atoms with Crippen LogP contribution in [0.2, 0.25) is 18.1 Å². The first-order valence-electron chi connectivity index (χ1n) is 16.1. The minimum Gasteiger partial charge on any atom is -0.465 e. The van der Waals surface area contributed by atoms with Gasteiger partial charge in [-0.1, -0.05) is 32.9 Å². The Balaban J connectivity index is 1.46. The molecule has 4 heterocycles. The van der Waals surface area contributed by atoms with Crippen LogP contribution in [-0.4, -0.2) is 70.1 Å². The molecule has 2 bridgehead atoms. The highest BCUT2D eigenvalue weighted by Gasteiger charge is 2.54. The molecular formula is C33H45F3N6O3Si. The van der Waals surface area contributed by atoms with Crippen LogP contribution < -0.4 is 10.2 Å². The van der Waals surface area contributed by atoms with E-state index in [1.54, 1.807) is 13.8 Å². The lowest BCUT2D eigenvalue weighted by atomic mass is 9.91. The van der Waals surface area contributed by atoms with E-state index in [4.69, 9.17) is 9.41 Å². The Morgan fingerprint density at radius 3 is 2.37 bits per heavy atom. The number of aryl methyl sites for hydroxylation is 2. The van der Waals surface area contributed by atoms with Crippen LogP contribution in [0.1, 0.15) is 76.7 Å². The number of halogens is 3. The molecule has 250 valence electrons. The molecule has 0 aliphatic carbocycles. The van der Waals surface area contributed by atoms with Gasteiger partial charge < -0.3 is 24.6 Å². The predicted molar refractivity (Wildman–Crippen MR) is 176 cm³/mol. The lowest BCUT2D eigenvalue weighted by molar-refractivity contribution is -0.161. The van der Waals surface area contributed by atoms with Crippen LogP contribution in [0.3, 0.4) is 0 Å². The number of likely N-dealkylation sites (tertiary alicyclic amines) is 1. The van der Waals surface area contributed by atoms with Crippen molar-refractivity contribution >= 4 is 36.9 Å². The lowest BCUT2D eigenvalue weighted by Gasteiger charge is -2.42. The molecule has 2 fully saturated rings. The zero-order valence-electron chi connectivity index (χ0n) is 27.9. The highest BCUT2D eigenvalue weighted by atomic mass is 28.4. The van der Waals surface area contributed by atoms with Crippen molar-refractivity contribution in [2.24, 2.45) is 0 Å². The van der Waals surface area contributed by atoms with Crippen molar-refractivity contribution in [3.8, 4) is 0 Å². The number of carbonyl (C=O) groups is 1. The van der Waals surface area contributed by atoms with Crippen molar-refractivity contribution in [3.63, 3.8) is 0 Å². The number of benzene rings is 1. The van der Waals surface area contributed by atoms with Gasteiger partial charge in [0.2, 0.25) is 0 Å². The fourth-order valence-corrected chi connectivity index (χ4v) is 10.3. The molecule has 1 aromatic carbocycles. The number of amides is 1. The van der Waals surface area contributed by atoms with E-state index < -0.39 is 43.4 Å². The molecule has 13 heteroatoms. The number of rotatable bonds is 11. The maximum Gasteiger partial charge on any atom is 0.407 e. The maximum atomic E-state index is 16.2. The predicted octanol–water partition coefficient (Wildman–Crippen LogP) is 7.79. The van der Waals surface area contributed by atoms with E-state index in [-0.39, 0.29) is 17.6 Å². The number of anilines is 2. The minimum absolute atomic E-state index is 0.0345. The highest BCUT2D eigenvalue weighted by molar-refractivity contribution is 6.73. The number of pyridine rings is 1. The van der Waals surface area contributed by atoms with E-state index >= 15 is 13.2 Å². The topological polar surface area (TPSA) is 104 Å². The molecule has 3 aromatic rings. The third-order valence-corrected chi connectivity index (χ3v) is 14.9. The number of alkyl halides is 2. The van der Waals surface area contributed by atoms with Gasteiger partial charge in [-0.2, -0.15) is 8.78 Å². The maximum absolute atomic E-state index is 16.2. The fraction of sp³-hybridized carbons (Fsp3) is 0.576. The molecule has 0 radical (unpaired) electrons. The summed E-state index contributed by atoms with van der Waals surface area (Å²) in [6, 6.07) is 7.35. The SMILES string of the molecule is CC[Si](CC)(CC)OC(C)(C)C(F)(F)c1cccc(C(C)Nc2nc(C)nc3nc(C)c(N4C[C@@H]5C[C@H]4CN5C(=O)O)cc23)c1F. The second-order valence-corrected chi connectivity index (χ2v) is 17.9. The Bertz CT molecular complexity index is 1630. The van der Waals surface area contributed by atoms with Crippen LogP contribution in [-0.2, 0) is 10.3 Å². The Morgan fingerprint density at radius 1 is 1.11 bits per heavy atom. The van der Waals surface area contributed by atoms with E-state index in [9.17, 15) is 9.90 Å². The van der Waals surface area contributed by atoms with Crippen LogP contribution in [0.25, 0.3) is 11.0 Å². The first-order chi connectivity index (χ1) is 21.6. The van der Waals surface area contributed by atoms with Gasteiger partial charge in [0.15, 0.2) is 14.0 Å². The normalized spacial score (nSPS) is 19.3. The lowest BCUT2D eigenvalue weighted by Crippen LogP contribution is -2.52.